The van der Waals surface area contributed by atoms with E-state index < -0.39 is 5.56 Å². The number of nitrogen functional groups attached to an aromatic ring is 1. The highest BCUT2D eigenvalue weighted by Crippen LogP contribution is 2.35. The highest BCUT2D eigenvalue weighted by Gasteiger charge is 2.19. The van der Waals surface area contributed by atoms with Gasteiger partial charge >= 0.3 is 0 Å². The lowest BCUT2D eigenvalue weighted by molar-refractivity contribution is 0.297. The van der Waals surface area contributed by atoms with Crippen LogP contribution in [-0.2, 0) is 6.61 Å². The molecule has 150 valence electrons. The minimum atomic E-state index is -0.677. The number of nitrogens with two attached hydrogens (primary N) is 1. The van der Waals surface area contributed by atoms with Gasteiger partial charge in [-0.25, -0.2) is 0 Å². The number of nitrogens with zero attached hydrogens (tertiary/aromatic N) is 2. The summed E-state index contributed by atoms with van der Waals surface area (Å²) in [6.07, 6.45) is 0. The number of anilines is 1. The molecule has 0 aliphatic carbocycles. The number of pyridine rings is 1. The lowest BCUT2D eigenvalue weighted by Crippen LogP contribution is -2.16. The van der Waals surface area contributed by atoms with Gasteiger partial charge in [0.25, 0.3) is 5.56 Å². The number of H-pyrrole nitrogens is 1. The molecule has 2 aromatic carbocycles. The summed E-state index contributed by atoms with van der Waals surface area (Å²) in [6, 6.07) is 13.7. The first-order chi connectivity index (χ1) is 14.4. The minimum Gasteiger partial charge on any atom is -0.496 e. The van der Waals surface area contributed by atoms with Crippen molar-refractivity contribution in [3.63, 3.8) is 0 Å². The number of rotatable bonds is 5. The summed E-state index contributed by atoms with van der Waals surface area (Å²) in [5.41, 5.74) is 6.08. The molecule has 9 heteroatoms. The van der Waals surface area contributed by atoms with Crippen LogP contribution in [0.25, 0.3) is 11.1 Å². The van der Waals surface area contributed by atoms with Gasteiger partial charge in [0.05, 0.1) is 12.1 Å². The van der Waals surface area contributed by atoms with Gasteiger partial charge in [-0.2, -0.15) is 10.5 Å². The van der Waals surface area contributed by atoms with Crippen molar-refractivity contribution in [2.45, 2.75) is 6.61 Å². The fourth-order valence-corrected chi connectivity index (χ4v) is 3.28. The minimum absolute atomic E-state index is 0.000992. The Labute approximate surface area is 181 Å². The Balaban J connectivity index is 2.11. The molecule has 30 heavy (non-hydrogen) atoms. The molecular formula is C21H14Cl2N4O3. The topological polar surface area (TPSA) is 125 Å². The van der Waals surface area contributed by atoms with Gasteiger partial charge in [-0.15, -0.1) is 0 Å². The van der Waals surface area contributed by atoms with Crippen molar-refractivity contribution in [2.75, 3.05) is 12.8 Å². The SMILES string of the molecule is COc1ccc(-c2c(C#N)c(N)[nH]c(=O)c2C#N)cc1COc1cccc(Cl)c1Cl. The number of hydrogen-bond donors (Lipinski definition) is 2. The predicted molar refractivity (Wildman–Crippen MR) is 114 cm³/mol. The molecule has 0 aliphatic heterocycles. The van der Waals surface area contributed by atoms with Crippen LogP contribution in [0.2, 0.25) is 10.0 Å². The van der Waals surface area contributed by atoms with Crippen LogP contribution in [-0.4, -0.2) is 12.1 Å². The van der Waals surface area contributed by atoms with Crippen LogP contribution in [0.3, 0.4) is 0 Å². The third kappa shape index (κ3) is 3.90. The third-order valence-corrected chi connectivity index (χ3v) is 5.14. The fourth-order valence-electron chi connectivity index (χ4n) is 2.93. The molecule has 0 saturated heterocycles. The van der Waals surface area contributed by atoms with Crippen LogP contribution in [0, 0.1) is 22.7 Å². The Kier molecular flexibility index (Phi) is 6.17. The summed E-state index contributed by atoms with van der Waals surface area (Å²) in [5.74, 6) is 0.773. The second-order valence-electron chi connectivity index (χ2n) is 6.08. The molecular weight excluding hydrogens is 427 g/mol. The maximum Gasteiger partial charge on any atom is 0.268 e. The van der Waals surface area contributed by atoms with Crippen LogP contribution in [0.15, 0.2) is 41.2 Å². The van der Waals surface area contributed by atoms with E-state index in [1.165, 1.54) is 7.11 Å². The molecule has 0 unspecified atom stereocenters. The van der Waals surface area contributed by atoms with Gasteiger partial charge in [-0.3, -0.25) is 4.79 Å². The second kappa shape index (κ2) is 8.79. The van der Waals surface area contributed by atoms with Crippen molar-refractivity contribution >= 4 is 29.0 Å². The maximum absolute atomic E-state index is 12.2. The summed E-state index contributed by atoms with van der Waals surface area (Å²) >= 11 is 12.2. The highest BCUT2D eigenvalue weighted by atomic mass is 35.5. The summed E-state index contributed by atoms with van der Waals surface area (Å²) in [5, 5.41) is 19.6. The van der Waals surface area contributed by atoms with Crippen LogP contribution >= 0.6 is 23.2 Å². The molecule has 0 radical (unpaired) electrons. The fraction of sp³-hybridized carbons (Fsp3) is 0.0952. The number of ether oxygens (including phenoxy) is 2. The number of nitriles is 2. The molecule has 0 fully saturated rings. The zero-order chi connectivity index (χ0) is 21.8. The Morgan fingerprint density at radius 2 is 1.83 bits per heavy atom. The Bertz CT molecular complexity index is 1270. The van der Waals surface area contributed by atoms with Crippen molar-refractivity contribution in [1.82, 2.24) is 4.98 Å². The average molecular weight is 441 g/mol. The van der Waals surface area contributed by atoms with Gasteiger partial charge in [0.15, 0.2) is 0 Å². The van der Waals surface area contributed by atoms with E-state index in [4.69, 9.17) is 38.4 Å². The molecule has 3 rings (SSSR count). The monoisotopic (exact) mass is 440 g/mol. The van der Waals surface area contributed by atoms with Crippen LogP contribution in [0.4, 0.5) is 5.82 Å². The molecule has 0 amide bonds. The van der Waals surface area contributed by atoms with Gasteiger partial charge in [0, 0.05) is 11.1 Å². The molecule has 1 heterocycles. The number of hydrogen-bond acceptors (Lipinski definition) is 6. The van der Waals surface area contributed by atoms with Crippen molar-refractivity contribution in [3.8, 4) is 34.8 Å². The van der Waals surface area contributed by atoms with Crippen molar-refractivity contribution in [1.29, 1.82) is 10.5 Å². The van der Waals surface area contributed by atoms with Gasteiger partial charge in [-0.05, 0) is 29.8 Å². The quantitative estimate of drug-likeness (QED) is 0.610. The molecule has 1 aromatic heterocycles. The second-order valence-corrected chi connectivity index (χ2v) is 6.87. The predicted octanol–water partition coefficient (Wildman–Crippen LogP) is 4.26. The first-order valence-electron chi connectivity index (χ1n) is 8.51. The number of halogens is 2. The molecule has 3 aromatic rings. The van der Waals surface area contributed by atoms with E-state index in [-0.39, 0.29) is 34.1 Å². The first-order valence-corrected chi connectivity index (χ1v) is 9.26. The number of methoxy groups -OCH3 is 1. The Morgan fingerprint density at radius 1 is 1.10 bits per heavy atom. The molecule has 0 atom stereocenters. The van der Waals surface area contributed by atoms with Gasteiger partial charge in [-0.1, -0.05) is 35.3 Å². The number of benzene rings is 2. The molecule has 0 spiro atoms. The van der Waals surface area contributed by atoms with E-state index >= 15 is 0 Å². The van der Waals surface area contributed by atoms with Crippen molar-refractivity contribution < 1.29 is 9.47 Å². The molecule has 0 saturated carbocycles. The summed E-state index contributed by atoms with van der Waals surface area (Å²) in [6.45, 7) is 0.0551. The third-order valence-electron chi connectivity index (χ3n) is 4.34. The summed E-state index contributed by atoms with van der Waals surface area (Å²) in [7, 11) is 1.50. The largest absolute Gasteiger partial charge is 0.496 e. The normalized spacial score (nSPS) is 10.2. The highest BCUT2D eigenvalue weighted by molar-refractivity contribution is 6.42. The van der Waals surface area contributed by atoms with Crippen molar-refractivity contribution in [3.05, 3.63) is 73.5 Å². The van der Waals surface area contributed by atoms with E-state index in [9.17, 15) is 15.3 Å². The molecule has 0 bridgehead atoms. The van der Waals surface area contributed by atoms with E-state index in [0.717, 1.165) is 0 Å². The first kappa shape index (κ1) is 21.1. The zero-order valence-electron chi connectivity index (χ0n) is 15.6. The van der Waals surface area contributed by atoms with Gasteiger partial charge in [0.2, 0.25) is 0 Å². The standard InChI is InChI=1S/C21H14Cl2N4O3/c1-29-16-6-5-11(18-13(8-24)20(26)27-21(28)14(18)9-25)7-12(16)10-30-17-4-2-3-15(22)19(17)23/h2-7H,10H2,1H3,(H3,26,27,28). The number of aromatic nitrogens is 1. The average Bonchev–Trinajstić information content (AvgIpc) is 2.74. The molecule has 0 aliphatic rings. The van der Waals surface area contributed by atoms with E-state index in [1.807, 2.05) is 12.1 Å². The smallest absolute Gasteiger partial charge is 0.268 e. The zero-order valence-corrected chi connectivity index (χ0v) is 17.1. The molecule has 7 nitrogen and oxygen atoms in total. The Hall–Kier alpha value is -3.65. The van der Waals surface area contributed by atoms with Crippen molar-refractivity contribution in [2.24, 2.45) is 0 Å². The Morgan fingerprint density at radius 3 is 2.50 bits per heavy atom. The summed E-state index contributed by atoms with van der Waals surface area (Å²) in [4.78, 5) is 14.5. The van der Waals surface area contributed by atoms with Gasteiger partial charge in [0.1, 0.15) is 52.2 Å². The molecule has 3 N–H and O–H groups in total. The lowest BCUT2D eigenvalue weighted by Gasteiger charge is -2.15. The lowest BCUT2D eigenvalue weighted by atomic mass is 9.95. The van der Waals surface area contributed by atoms with Crippen LogP contribution in [0.5, 0.6) is 11.5 Å². The van der Waals surface area contributed by atoms with E-state index in [2.05, 4.69) is 4.98 Å². The maximum atomic E-state index is 12.2. The number of nitrogens with one attached hydrogen (secondary N) is 1. The van der Waals surface area contributed by atoms with E-state index in [1.54, 1.807) is 36.4 Å². The van der Waals surface area contributed by atoms with Crippen LogP contribution < -0.4 is 20.8 Å². The number of aromatic amines is 1. The summed E-state index contributed by atoms with van der Waals surface area (Å²) < 4.78 is 11.2. The van der Waals surface area contributed by atoms with Crippen LogP contribution in [0.1, 0.15) is 16.7 Å². The van der Waals surface area contributed by atoms with E-state index in [0.29, 0.717) is 27.6 Å². The van der Waals surface area contributed by atoms with Gasteiger partial charge < -0.3 is 20.2 Å².